The molecule has 0 aliphatic rings. The van der Waals surface area contributed by atoms with Crippen molar-refractivity contribution in [3.05, 3.63) is 78.3 Å². The highest BCUT2D eigenvalue weighted by Gasteiger charge is 2.24. The van der Waals surface area contributed by atoms with Gasteiger partial charge in [0.25, 0.3) is 10.0 Å². The lowest BCUT2D eigenvalue weighted by molar-refractivity contribution is -0.604. The third-order valence-electron chi connectivity index (χ3n) is 3.83. The summed E-state index contributed by atoms with van der Waals surface area (Å²) in [5.41, 5.74) is 0.921. The average Bonchev–Trinajstić information content (AvgIpc) is 2.89. The number of fused-ring (bicyclic) bond motifs is 3. The minimum atomic E-state index is -3.80. The summed E-state index contributed by atoms with van der Waals surface area (Å²) in [6.45, 7) is 0. The van der Waals surface area contributed by atoms with E-state index in [0.717, 1.165) is 10.8 Å². The number of rotatable bonds is 2. The van der Waals surface area contributed by atoms with Crippen molar-refractivity contribution in [2.75, 3.05) is 0 Å². The summed E-state index contributed by atoms with van der Waals surface area (Å²) >= 11 is 0. The summed E-state index contributed by atoms with van der Waals surface area (Å²) in [6.07, 6.45) is 2.66. The van der Waals surface area contributed by atoms with E-state index in [2.05, 4.69) is 0 Å². The summed E-state index contributed by atoms with van der Waals surface area (Å²) in [5.74, 6) is 0. The first kappa shape index (κ1) is 13.8. The molecular weight excluding hydrogens is 312 g/mol. The fourth-order valence-electron chi connectivity index (χ4n) is 2.82. The Labute approximate surface area is 132 Å². The first-order valence-corrected chi connectivity index (χ1v) is 8.45. The molecule has 0 unspecified atom stereocenters. The van der Waals surface area contributed by atoms with Crippen LogP contribution in [0.5, 0.6) is 0 Å². The molecule has 0 aliphatic carbocycles. The van der Waals surface area contributed by atoms with Gasteiger partial charge >= 0.3 is 0 Å². The first-order valence-electron chi connectivity index (χ1n) is 7.01. The lowest BCUT2D eigenvalue weighted by Crippen LogP contribution is -2.25. The Kier molecular flexibility index (Phi) is 2.89. The van der Waals surface area contributed by atoms with Crippen LogP contribution in [0, 0.1) is 5.21 Å². The molecule has 5 nitrogen and oxygen atoms in total. The van der Waals surface area contributed by atoms with Gasteiger partial charge in [-0.05, 0) is 18.2 Å². The second-order valence-corrected chi connectivity index (χ2v) is 6.99. The average molecular weight is 324 g/mol. The van der Waals surface area contributed by atoms with E-state index in [9.17, 15) is 13.6 Å². The van der Waals surface area contributed by atoms with Gasteiger partial charge in [-0.3, -0.25) is 0 Å². The van der Waals surface area contributed by atoms with Crippen LogP contribution in [0.2, 0.25) is 0 Å². The van der Waals surface area contributed by atoms with Crippen LogP contribution < -0.4 is 4.73 Å². The van der Waals surface area contributed by atoms with Gasteiger partial charge in [-0.25, -0.2) is 12.4 Å². The minimum Gasteiger partial charge on any atom is -0.619 e. The number of para-hydroxylation sites is 1. The van der Waals surface area contributed by atoms with Gasteiger partial charge in [0.15, 0.2) is 6.20 Å². The second kappa shape index (κ2) is 4.82. The van der Waals surface area contributed by atoms with Gasteiger partial charge in [-0.1, -0.05) is 36.4 Å². The van der Waals surface area contributed by atoms with Crippen molar-refractivity contribution in [1.29, 1.82) is 0 Å². The number of pyridine rings is 1. The highest BCUT2D eigenvalue weighted by Crippen LogP contribution is 2.31. The van der Waals surface area contributed by atoms with E-state index >= 15 is 0 Å². The Morgan fingerprint density at radius 3 is 2.26 bits per heavy atom. The molecule has 0 aliphatic heterocycles. The lowest BCUT2D eigenvalue weighted by atomic mass is 10.2. The van der Waals surface area contributed by atoms with Crippen LogP contribution in [0.3, 0.4) is 0 Å². The van der Waals surface area contributed by atoms with E-state index in [1.165, 1.54) is 16.4 Å². The fourth-order valence-corrected chi connectivity index (χ4v) is 4.36. The summed E-state index contributed by atoms with van der Waals surface area (Å²) in [5, 5.41) is 13.2. The van der Waals surface area contributed by atoms with Crippen molar-refractivity contribution in [3.8, 4) is 0 Å². The van der Waals surface area contributed by atoms with Gasteiger partial charge in [0.2, 0.25) is 6.20 Å². The van der Waals surface area contributed by atoms with E-state index < -0.39 is 10.0 Å². The van der Waals surface area contributed by atoms with Gasteiger partial charge in [0, 0.05) is 16.8 Å². The van der Waals surface area contributed by atoms with Crippen LogP contribution in [0.1, 0.15) is 0 Å². The molecule has 0 saturated heterocycles. The van der Waals surface area contributed by atoms with Crippen molar-refractivity contribution in [2.24, 2.45) is 0 Å². The van der Waals surface area contributed by atoms with Gasteiger partial charge in [-0.2, -0.15) is 4.73 Å². The SMILES string of the molecule is O=S(=O)(c1ccccc1)n1c2ccccc2c2cc[n+]([O-])cc21. The monoisotopic (exact) mass is 324 g/mol. The lowest BCUT2D eigenvalue weighted by Gasteiger charge is -2.08. The quantitative estimate of drug-likeness (QED) is 0.420. The summed E-state index contributed by atoms with van der Waals surface area (Å²) in [4.78, 5) is 0.184. The van der Waals surface area contributed by atoms with Gasteiger partial charge in [0.05, 0.1) is 10.4 Å². The molecule has 0 N–H and O–H groups in total. The van der Waals surface area contributed by atoms with Crippen LogP contribution >= 0.6 is 0 Å². The number of nitrogens with zero attached hydrogens (tertiary/aromatic N) is 2. The van der Waals surface area contributed by atoms with Crippen molar-refractivity contribution < 1.29 is 13.1 Å². The zero-order chi connectivity index (χ0) is 16.0. The standard InChI is InChI=1S/C17H12N2O3S/c20-18-11-10-15-14-8-4-5-9-16(14)19(17(15)12-18)23(21,22)13-6-2-1-3-7-13/h1-12H. The first-order chi connectivity index (χ1) is 11.1. The van der Waals surface area contributed by atoms with Crippen LogP contribution in [-0.2, 0) is 10.0 Å². The number of aromatic nitrogens is 2. The van der Waals surface area contributed by atoms with Crippen molar-refractivity contribution in [1.82, 2.24) is 3.97 Å². The number of hydrogen-bond donors (Lipinski definition) is 0. The summed E-state index contributed by atoms with van der Waals surface area (Å²) < 4.78 is 28.0. The molecule has 0 spiro atoms. The van der Waals surface area contributed by atoms with Gasteiger partial charge in [0.1, 0.15) is 5.52 Å². The summed E-state index contributed by atoms with van der Waals surface area (Å²) in [7, 11) is -3.80. The molecule has 23 heavy (non-hydrogen) atoms. The van der Waals surface area contributed by atoms with Gasteiger partial charge < -0.3 is 5.21 Å². The van der Waals surface area contributed by atoms with Crippen molar-refractivity contribution in [2.45, 2.75) is 4.90 Å². The van der Waals surface area contributed by atoms with E-state index in [4.69, 9.17) is 0 Å². The molecule has 2 aromatic carbocycles. The van der Waals surface area contributed by atoms with E-state index in [0.29, 0.717) is 15.8 Å². The van der Waals surface area contributed by atoms with Crippen LogP contribution in [-0.4, -0.2) is 12.4 Å². The Hall–Kier alpha value is -2.86. The maximum absolute atomic E-state index is 13.1. The highest BCUT2D eigenvalue weighted by atomic mass is 32.2. The Morgan fingerprint density at radius 2 is 1.48 bits per heavy atom. The van der Waals surface area contributed by atoms with E-state index in [1.54, 1.807) is 48.5 Å². The number of hydrogen-bond acceptors (Lipinski definition) is 3. The van der Waals surface area contributed by atoms with E-state index in [-0.39, 0.29) is 4.90 Å². The zero-order valence-corrected chi connectivity index (χ0v) is 12.8. The molecular formula is C17H12N2O3S. The largest absolute Gasteiger partial charge is 0.619 e. The topological polar surface area (TPSA) is 66.0 Å². The third kappa shape index (κ3) is 1.99. The summed E-state index contributed by atoms with van der Waals surface area (Å²) in [6, 6.07) is 17.1. The maximum Gasteiger partial charge on any atom is 0.268 e. The Bertz CT molecular complexity index is 1130. The predicted molar refractivity (Wildman–Crippen MR) is 87.4 cm³/mol. The molecule has 0 radical (unpaired) electrons. The molecule has 0 atom stereocenters. The normalized spacial score (nSPS) is 12.0. The smallest absolute Gasteiger partial charge is 0.268 e. The van der Waals surface area contributed by atoms with Crippen LogP contribution in [0.25, 0.3) is 21.8 Å². The third-order valence-corrected chi connectivity index (χ3v) is 5.57. The fraction of sp³-hybridized carbons (Fsp3) is 0. The highest BCUT2D eigenvalue weighted by molar-refractivity contribution is 7.90. The maximum atomic E-state index is 13.1. The molecule has 2 heterocycles. The van der Waals surface area contributed by atoms with Crippen molar-refractivity contribution >= 4 is 31.8 Å². The van der Waals surface area contributed by atoms with Gasteiger partial charge in [-0.15, -0.1) is 0 Å². The molecule has 2 aromatic heterocycles. The molecule has 0 fully saturated rings. The minimum absolute atomic E-state index is 0.184. The Morgan fingerprint density at radius 1 is 0.826 bits per heavy atom. The molecule has 4 rings (SSSR count). The van der Waals surface area contributed by atoms with E-state index in [1.807, 2.05) is 12.1 Å². The molecule has 114 valence electrons. The van der Waals surface area contributed by atoms with Crippen LogP contribution in [0.15, 0.2) is 78.0 Å². The van der Waals surface area contributed by atoms with Crippen LogP contribution in [0.4, 0.5) is 0 Å². The molecule has 4 aromatic rings. The van der Waals surface area contributed by atoms with Crippen molar-refractivity contribution in [3.63, 3.8) is 0 Å². The predicted octanol–water partition coefficient (Wildman–Crippen LogP) is 2.66. The zero-order valence-electron chi connectivity index (χ0n) is 12.0. The molecule has 0 bridgehead atoms. The molecule has 0 amide bonds. The Balaban J connectivity index is 2.19. The molecule has 0 saturated carbocycles. The number of benzene rings is 2. The second-order valence-electron chi connectivity index (χ2n) is 5.20. The molecule has 6 heteroatoms.